The van der Waals surface area contributed by atoms with Crippen LogP contribution in [0.4, 0.5) is 0 Å². The average molecular weight is 417 g/mol. The highest BCUT2D eigenvalue weighted by atomic mass is 16.6. The third-order valence-electron chi connectivity index (χ3n) is 6.58. The van der Waals surface area contributed by atoms with E-state index in [9.17, 15) is 4.79 Å². The Morgan fingerprint density at radius 2 is 2.03 bits per heavy atom. The molecule has 6 rings (SSSR count). The Kier molecular flexibility index (Phi) is 4.36. The summed E-state index contributed by atoms with van der Waals surface area (Å²) < 4.78 is 14.3. The van der Waals surface area contributed by atoms with E-state index in [1.54, 1.807) is 24.8 Å². The van der Waals surface area contributed by atoms with Crippen LogP contribution in [-0.2, 0) is 20.9 Å². The zero-order valence-corrected chi connectivity index (χ0v) is 17.0. The Morgan fingerprint density at radius 3 is 2.84 bits per heavy atom. The maximum Gasteiger partial charge on any atom is 0.257 e. The van der Waals surface area contributed by atoms with Gasteiger partial charge in [-0.1, -0.05) is 18.2 Å². The van der Waals surface area contributed by atoms with Crippen LogP contribution in [0.25, 0.3) is 5.69 Å². The van der Waals surface area contributed by atoms with E-state index < -0.39 is 5.60 Å². The first-order valence-corrected chi connectivity index (χ1v) is 10.7. The molecule has 1 unspecified atom stereocenters. The lowest BCUT2D eigenvalue weighted by Gasteiger charge is -2.42. The first-order valence-electron chi connectivity index (χ1n) is 10.7. The van der Waals surface area contributed by atoms with Crippen LogP contribution in [-0.4, -0.2) is 48.5 Å². The number of ether oxygens (including phenoxy) is 2. The molecule has 2 atom stereocenters. The van der Waals surface area contributed by atoms with E-state index in [0.717, 1.165) is 29.8 Å². The molecule has 8 nitrogen and oxygen atoms in total. The van der Waals surface area contributed by atoms with Gasteiger partial charge < -0.3 is 14.4 Å². The molecule has 1 aromatic carbocycles. The Bertz CT molecular complexity index is 1080. The summed E-state index contributed by atoms with van der Waals surface area (Å²) in [6.45, 7) is 0.473. The second-order valence-electron chi connectivity index (χ2n) is 8.42. The Morgan fingerprint density at radius 1 is 1.13 bits per heavy atom. The fourth-order valence-corrected chi connectivity index (χ4v) is 5.03. The lowest BCUT2D eigenvalue weighted by atomic mass is 9.76. The first-order chi connectivity index (χ1) is 15.2. The van der Waals surface area contributed by atoms with E-state index in [2.05, 4.69) is 15.1 Å². The number of hydrogen-bond acceptors (Lipinski definition) is 6. The number of hydrogen-bond donors (Lipinski definition) is 0. The number of nitrogens with zero attached hydrogens (tertiary/aromatic N) is 5. The highest BCUT2D eigenvalue weighted by Gasteiger charge is 2.63. The number of carbonyl (C=O) groups excluding carboxylic acids is 1. The van der Waals surface area contributed by atoms with E-state index in [-0.39, 0.29) is 24.3 Å². The Labute approximate surface area is 179 Å². The molecule has 158 valence electrons. The maximum atomic E-state index is 13.3. The van der Waals surface area contributed by atoms with Gasteiger partial charge in [-0.05, 0) is 25.0 Å². The third-order valence-corrected chi connectivity index (χ3v) is 6.58. The standard InChI is InChI=1S/C23H23N5O3/c29-22-23(31-21-7-6-20(28(21)22)18-14-24-9-10-25-18)12-17(13-23)30-15-16-4-1-2-5-19(16)27-11-3-8-26-27/h1-5,8-11,14,17,20-21H,6-7,12-13,15H2/t17?,20-,21?,23?/m0/s1. The molecule has 2 aliphatic heterocycles. The van der Waals surface area contributed by atoms with Crippen LogP contribution in [0.1, 0.15) is 43.0 Å². The minimum Gasteiger partial charge on any atom is -0.373 e. The predicted octanol–water partition coefficient (Wildman–Crippen LogP) is 2.80. The van der Waals surface area contributed by atoms with Crippen molar-refractivity contribution in [1.29, 1.82) is 0 Å². The summed E-state index contributed by atoms with van der Waals surface area (Å²) in [5.74, 6) is 0.0717. The SMILES string of the molecule is O=C1N2C(CC[C@H]2c2cnccn2)OC12CC(OCc1ccccc1-n1cccn1)C2. The number of amides is 1. The number of fused-ring (bicyclic) bond motifs is 1. The van der Waals surface area contributed by atoms with Crippen LogP contribution in [0.3, 0.4) is 0 Å². The molecular weight excluding hydrogens is 394 g/mol. The molecule has 1 spiro atoms. The van der Waals surface area contributed by atoms with Crippen molar-refractivity contribution >= 4 is 5.91 Å². The first kappa shape index (κ1) is 18.7. The van der Waals surface area contributed by atoms with Crippen molar-refractivity contribution in [3.05, 3.63) is 72.6 Å². The van der Waals surface area contributed by atoms with Crippen molar-refractivity contribution in [2.75, 3.05) is 0 Å². The molecule has 3 aromatic rings. The smallest absolute Gasteiger partial charge is 0.257 e. The highest BCUT2D eigenvalue weighted by molar-refractivity contribution is 5.89. The average Bonchev–Trinajstić information content (AvgIpc) is 3.50. The molecule has 2 saturated heterocycles. The zero-order chi connectivity index (χ0) is 20.8. The lowest BCUT2D eigenvalue weighted by molar-refractivity contribution is -0.177. The summed E-state index contributed by atoms with van der Waals surface area (Å²) in [4.78, 5) is 23.7. The van der Waals surface area contributed by atoms with Gasteiger partial charge in [-0.25, -0.2) is 4.68 Å². The number of carbonyl (C=O) groups is 1. The molecule has 0 radical (unpaired) electrons. The van der Waals surface area contributed by atoms with Crippen molar-refractivity contribution in [3.8, 4) is 5.69 Å². The molecule has 31 heavy (non-hydrogen) atoms. The minimum atomic E-state index is -0.738. The van der Waals surface area contributed by atoms with E-state index >= 15 is 0 Å². The van der Waals surface area contributed by atoms with Gasteiger partial charge in [-0.15, -0.1) is 0 Å². The molecular formula is C23H23N5O3. The molecule has 1 saturated carbocycles. The summed E-state index contributed by atoms with van der Waals surface area (Å²) in [6.07, 6.45) is 11.5. The van der Waals surface area contributed by atoms with Crippen LogP contribution in [0, 0.1) is 0 Å². The van der Waals surface area contributed by atoms with Crippen molar-refractivity contribution < 1.29 is 14.3 Å². The molecule has 3 fully saturated rings. The molecule has 2 aromatic heterocycles. The number of aromatic nitrogens is 4. The normalized spacial score (nSPS) is 29.4. The number of benzene rings is 1. The van der Waals surface area contributed by atoms with Gasteiger partial charge >= 0.3 is 0 Å². The zero-order valence-electron chi connectivity index (χ0n) is 17.0. The summed E-state index contributed by atoms with van der Waals surface area (Å²) in [5.41, 5.74) is 2.16. The summed E-state index contributed by atoms with van der Waals surface area (Å²) in [6, 6.07) is 9.91. The largest absolute Gasteiger partial charge is 0.373 e. The molecule has 1 aliphatic carbocycles. The second-order valence-corrected chi connectivity index (χ2v) is 8.42. The Hall–Kier alpha value is -3.10. The van der Waals surface area contributed by atoms with Gasteiger partial charge in [0.05, 0.1) is 36.3 Å². The van der Waals surface area contributed by atoms with Gasteiger partial charge in [-0.3, -0.25) is 14.8 Å². The minimum absolute atomic E-state index is 0.00428. The fraction of sp³-hybridized carbons (Fsp3) is 0.391. The summed E-state index contributed by atoms with van der Waals surface area (Å²) in [7, 11) is 0. The molecule has 0 bridgehead atoms. The van der Waals surface area contributed by atoms with Gasteiger partial charge in [0, 0.05) is 43.2 Å². The summed E-state index contributed by atoms with van der Waals surface area (Å²) in [5, 5.41) is 4.32. The third kappa shape index (κ3) is 3.05. The van der Waals surface area contributed by atoms with Gasteiger partial charge in [0.15, 0.2) is 5.60 Å². The van der Waals surface area contributed by atoms with Gasteiger partial charge in [0.2, 0.25) is 0 Å². The van der Waals surface area contributed by atoms with Crippen LogP contribution in [0.2, 0.25) is 0 Å². The van der Waals surface area contributed by atoms with E-state index in [1.165, 1.54) is 0 Å². The van der Waals surface area contributed by atoms with Gasteiger partial charge in [0.1, 0.15) is 6.23 Å². The summed E-state index contributed by atoms with van der Waals surface area (Å²) >= 11 is 0. The second kappa shape index (κ2) is 7.25. The Balaban J connectivity index is 1.11. The van der Waals surface area contributed by atoms with Crippen molar-refractivity contribution in [1.82, 2.24) is 24.6 Å². The van der Waals surface area contributed by atoms with Crippen LogP contribution in [0.5, 0.6) is 0 Å². The van der Waals surface area contributed by atoms with Gasteiger partial charge in [-0.2, -0.15) is 5.10 Å². The van der Waals surface area contributed by atoms with Crippen molar-refractivity contribution in [2.24, 2.45) is 0 Å². The van der Waals surface area contributed by atoms with E-state index in [0.29, 0.717) is 19.4 Å². The maximum absolute atomic E-state index is 13.3. The van der Waals surface area contributed by atoms with Crippen LogP contribution < -0.4 is 0 Å². The van der Waals surface area contributed by atoms with Crippen molar-refractivity contribution in [2.45, 2.75) is 56.3 Å². The molecule has 4 heterocycles. The highest BCUT2D eigenvalue weighted by Crippen LogP contribution is 2.51. The van der Waals surface area contributed by atoms with Crippen LogP contribution >= 0.6 is 0 Å². The van der Waals surface area contributed by atoms with E-state index in [1.807, 2.05) is 46.1 Å². The topological polar surface area (TPSA) is 82.4 Å². The van der Waals surface area contributed by atoms with E-state index in [4.69, 9.17) is 9.47 Å². The number of rotatable bonds is 5. The monoisotopic (exact) mass is 417 g/mol. The predicted molar refractivity (Wildman–Crippen MR) is 110 cm³/mol. The quantitative estimate of drug-likeness (QED) is 0.635. The number of para-hydroxylation sites is 1. The molecule has 8 heteroatoms. The molecule has 3 aliphatic rings. The lowest BCUT2D eigenvalue weighted by Crippen LogP contribution is -2.54. The van der Waals surface area contributed by atoms with Crippen LogP contribution in [0.15, 0.2) is 61.3 Å². The molecule has 0 N–H and O–H groups in total. The fourth-order valence-electron chi connectivity index (χ4n) is 5.03. The molecule has 1 amide bonds. The van der Waals surface area contributed by atoms with Gasteiger partial charge in [0.25, 0.3) is 5.91 Å². The van der Waals surface area contributed by atoms with Crippen molar-refractivity contribution in [3.63, 3.8) is 0 Å².